The van der Waals surface area contributed by atoms with Gasteiger partial charge in [-0.15, -0.1) is 0 Å². The summed E-state index contributed by atoms with van der Waals surface area (Å²) in [6, 6.07) is 14.8. The minimum absolute atomic E-state index is 0.0203. The van der Waals surface area contributed by atoms with Gasteiger partial charge >= 0.3 is 0 Å². The third kappa shape index (κ3) is 3.10. The number of nitrogens with zero attached hydrogens (tertiary/aromatic N) is 3. The summed E-state index contributed by atoms with van der Waals surface area (Å²) < 4.78 is 8.65. The maximum absolute atomic E-state index is 13.5. The summed E-state index contributed by atoms with van der Waals surface area (Å²) in [6.45, 7) is 4.34. The topological polar surface area (TPSA) is 66.1 Å². The lowest BCUT2D eigenvalue weighted by Gasteiger charge is -2.18. The Bertz CT molecular complexity index is 1330. The van der Waals surface area contributed by atoms with Gasteiger partial charge in [0.15, 0.2) is 5.65 Å². The number of hydrogen-bond donors (Lipinski definition) is 0. The molecule has 0 unspecified atom stereocenters. The van der Waals surface area contributed by atoms with Crippen molar-refractivity contribution < 1.29 is 4.74 Å². The first-order valence-corrected chi connectivity index (χ1v) is 9.57. The first kappa shape index (κ1) is 18.9. The van der Waals surface area contributed by atoms with Crippen molar-refractivity contribution in [2.45, 2.75) is 26.3 Å². The van der Waals surface area contributed by atoms with Crippen molar-refractivity contribution >= 4 is 21.9 Å². The van der Waals surface area contributed by atoms with Crippen LogP contribution in [0.2, 0.25) is 0 Å². The second kappa shape index (κ2) is 7.20. The van der Waals surface area contributed by atoms with E-state index in [0.717, 1.165) is 16.8 Å². The molecule has 0 saturated heterocycles. The van der Waals surface area contributed by atoms with E-state index in [0.29, 0.717) is 23.4 Å². The molecule has 0 saturated carbocycles. The average molecular weight is 389 g/mol. The number of aromatic nitrogens is 3. The predicted octanol–water partition coefficient (Wildman–Crippen LogP) is 3.43. The van der Waals surface area contributed by atoms with Crippen molar-refractivity contribution in [2.75, 3.05) is 7.11 Å². The average Bonchev–Trinajstić information content (AvgIpc) is 2.73. The second-order valence-corrected chi connectivity index (χ2v) is 7.47. The number of fused-ring (bicyclic) bond motifs is 2. The Hall–Kier alpha value is -3.41. The van der Waals surface area contributed by atoms with Crippen molar-refractivity contribution in [3.05, 3.63) is 80.5 Å². The number of rotatable bonds is 4. The summed E-state index contributed by atoms with van der Waals surface area (Å²) in [7, 11) is 3.46. The normalized spacial score (nSPS) is 11.5. The van der Waals surface area contributed by atoms with Crippen LogP contribution in [0.1, 0.15) is 31.2 Å². The quantitative estimate of drug-likeness (QED) is 0.502. The van der Waals surface area contributed by atoms with Crippen molar-refractivity contribution in [2.24, 2.45) is 7.05 Å². The molecule has 0 N–H and O–H groups in total. The highest BCUT2D eigenvalue weighted by Gasteiger charge is 2.19. The molecule has 0 radical (unpaired) electrons. The lowest BCUT2D eigenvalue weighted by atomic mass is 10.1. The zero-order valence-corrected chi connectivity index (χ0v) is 17.0. The van der Waals surface area contributed by atoms with Gasteiger partial charge < -0.3 is 9.30 Å². The van der Waals surface area contributed by atoms with Crippen molar-refractivity contribution in [1.82, 2.24) is 14.1 Å². The van der Waals surface area contributed by atoms with Gasteiger partial charge in [0.25, 0.3) is 5.56 Å². The Morgan fingerprint density at radius 3 is 2.38 bits per heavy atom. The maximum Gasteiger partial charge on any atom is 0.267 e. The number of ether oxygens (including phenoxy) is 1. The van der Waals surface area contributed by atoms with Crippen LogP contribution in [0.3, 0.4) is 0 Å². The molecule has 29 heavy (non-hydrogen) atoms. The van der Waals surface area contributed by atoms with Gasteiger partial charge in [0.05, 0.1) is 19.2 Å². The van der Waals surface area contributed by atoms with Crippen LogP contribution in [-0.2, 0) is 13.6 Å². The van der Waals surface area contributed by atoms with E-state index >= 15 is 0 Å². The van der Waals surface area contributed by atoms with E-state index < -0.39 is 0 Å². The Morgan fingerprint density at radius 2 is 1.72 bits per heavy atom. The number of para-hydroxylation sites is 1. The molecular formula is C23H23N3O3. The van der Waals surface area contributed by atoms with Crippen LogP contribution in [-0.4, -0.2) is 21.2 Å². The van der Waals surface area contributed by atoms with E-state index in [2.05, 4.69) is 0 Å². The van der Waals surface area contributed by atoms with Gasteiger partial charge in [0.2, 0.25) is 5.43 Å². The molecule has 0 spiro atoms. The van der Waals surface area contributed by atoms with E-state index in [1.54, 1.807) is 23.8 Å². The van der Waals surface area contributed by atoms with E-state index in [1.807, 2.05) is 61.9 Å². The molecule has 0 atom stereocenters. The van der Waals surface area contributed by atoms with E-state index in [9.17, 15) is 9.59 Å². The molecule has 6 nitrogen and oxygen atoms in total. The molecule has 4 aromatic rings. The monoisotopic (exact) mass is 389 g/mol. The van der Waals surface area contributed by atoms with Crippen LogP contribution in [0.15, 0.2) is 58.1 Å². The van der Waals surface area contributed by atoms with Crippen LogP contribution in [0.5, 0.6) is 5.75 Å². The Morgan fingerprint density at radius 1 is 1.03 bits per heavy atom. The summed E-state index contributed by atoms with van der Waals surface area (Å²) in [5, 5.41) is 0.652. The Balaban J connectivity index is 2.03. The maximum atomic E-state index is 13.5. The number of pyridine rings is 1. The second-order valence-electron chi connectivity index (χ2n) is 7.47. The smallest absolute Gasteiger partial charge is 0.267 e. The molecule has 2 aromatic heterocycles. The standard InChI is InChI=1S/C23H23N3O3/c1-14(2)21-24-22-19(20(27)17-7-5-6-8-18(17)25(22)3)23(28)26(21)13-15-9-11-16(29-4)12-10-15/h5-12,14H,13H2,1-4H3. The fourth-order valence-corrected chi connectivity index (χ4v) is 3.71. The Kier molecular flexibility index (Phi) is 4.70. The molecule has 0 aliphatic carbocycles. The number of aryl methyl sites for hydroxylation is 1. The molecule has 2 heterocycles. The fourth-order valence-electron chi connectivity index (χ4n) is 3.71. The van der Waals surface area contributed by atoms with Gasteiger partial charge in [-0.25, -0.2) is 4.98 Å². The number of methoxy groups -OCH3 is 1. The molecule has 0 amide bonds. The minimum atomic E-state index is -0.305. The molecule has 0 bridgehead atoms. The highest BCUT2D eigenvalue weighted by molar-refractivity contribution is 5.91. The summed E-state index contributed by atoms with van der Waals surface area (Å²) in [5.41, 5.74) is 1.55. The number of benzene rings is 2. The van der Waals surface area contributed by atoms with E-state index in [1.165, 1.54) is 0 Å². The van der Waals surface area contributed by atoms with Crippen molar-refractivity contribution in [3.63, 3.8) is 0 Å². The molecule has 0 fully saturated rings. The molecule has 148 valence electrons. The third-order valence-corrected chi connectivity index (χ3v) is 5.25. The zero-order chi connectivity index (χ0) is 20.7. The molecule has 2 aromatic carbocycles. The third-order valence-electron chi connectivity index (χ3n) is 5.25. The minimum Gasteiger partial charge on any atom is -0.497 e. The summed E-state index contributed by atoms with van der Waals surface area (Å²) in [6.07, 6.45) is 0. The largest absolute Gasteiger partial charge is 0.497 e. The van der Waals surface area contributed by atoms with Gasteiger partial charge in [-0.2, -0.15) is 0 Å². The first-order chi connectivity index (χ1) is 13.9. The first-order valence-electron chi connectivity index (χ1n) is 9.57. The van der Waals surface area contributed by atoms with Crippen molar-refractivity contribution in [1.29, 1.82) is 0 Å². The van der Waals surface area contributed by atoms with Gasteiger partial charge in [-0.05, 0) is 29.8 Å². The SMILES string of the molecule is COc1ccc(Cn2c(C(C)C)nc3c(c(=O)c4ccccc4n3C)c2=O)cc1. The van der Waals surface area contributed by atoms with Crippen LogP contribution in [0, 0.1) is 0 Å². The molecular weight excluding hydrogens is 366 g/mol. The highest BCUT2D eigenvalue weighted by atomic mass is 16.5. The molecule has 6 heteroatoms. The van der Waals surface area contributed by atoms with Gasteiger partial charge in [-0.3, -0.25) is 14.2 Å². The molecule has 0 aliphatic heterocycles. The van der Waals surface area contributed by atoms with Crippen molar-refractivity contribution in [3.8, 4) is 5.75 Å². The summed E-state index contributed by atoms with van der Waals surface area (Å²) in [4.78, 5) is 31.4. The van der Waals surface area contributed by atoms with Gasteiger partial charge in [-0.1, -0.05) is 38.1 Å². The zero-order valence-electron chi connectivity index (χ0n) is 17.0. The summed E-state index contributed by atoms with van der Waals surface area (Å²) >= 11 is 0. The lowest BCUT2D eigenvalue weighted by Crippen LogP contribution is -2.31. The Labute approximate surface area is 168 Å². The highest BCUT2D eigenvalue weighted by Crippen LogP contribution is 2.19. The van der Waals surface area contributed by atoms with Gasteiger partial charge in [0.1, 0.15) is 17.0 Å². The van der Waals surface area contributed by atoms with Crippen LogP contribution >= 0.6 is 0 Å². The molecule has 0 aliphatic rings. The predicted molar refractivity (Wildman–Crippen MR) is 115 cm³/mol. The van der Waals surface area contributed by atoms with Crippen LogP contribution in [0.4, 0.5) is 0 Å². The van der Waals surface area contributed by atoms with Crippen LogP contribution < -0.4 is 15.7 Å². The van der Waals surface area contributed by atoms with E-state index in [-0.39, 0.29) is 22.3 Å². The number of hydrogen-bond acceptors (Lipinski definition) is 4. The molecule has 4 rings (SSSR count). The van der Waals surface area contributed by atoms with E-state index in [4.69, 9.17) is 9.72 Å². The fraction of sp³-hybridized carbons (Fsp3) is 0.261. The van der Waals surface area contributed by atoms with Crippen LogP contribution in [0.25, 0.3) is 21.9 Å². The van der Waals surface area contributed by atoms with Gasteiger partial charge in [0, 0.05) is 18.4 Å². The lowest BCUT2D eigenvalue weighted by molar-refractivity contribution is 0.414. The summed E-state index contributed by atoms with van der Waals surface area (Å²) in [5.74, 6) is 1.43.